The molecule has 0 atom stereocenters. The van der Waals surface area contributed by atoms with Gasteiger partial charge in [-0.3, -0.25) is 4.79 Å². The van der Waals surface area contributed by atoms with Crippen LogP contribution in [0.25, 0.3) is 0 Å². The van der Waals surface area contributed by atoms with Crippen LogP contribution in [0, 0.1) is 0 Å². The molecule has 0 aromatic heterocycles. The molecule has 27 heavy (non-hydrogen) atoms. The Morgan fingerprint density at radius 3 is 1.96 bits per heavy atom. The third-order valence-corrected chi connectivity index (χ3v) is 6.85. The Bertz CT molecular complexity index is 830. The van der Waals surface area contributed by atoms with Gasteiger partial charge in [0.25, 0.3) is 0 Å². The van der Waals surface area contributed by atoms with Gasteiger partial charge in [0.1, 0.15) is 0 Å². The van der Waals surface area contributed by atoms with Gasteiger partial charge in [-0.05, 0) is 24.0 Å². The van der Waals surface area contributed by atoms with E-state index in [1.165, 1.54) is 4.31 Å². The Morgan fingerprint density at radius 1 is 0.815 bits per heavy atom. The molecule has 0 saturated carbocycles. The minimum Gasteiger partial charge on any atom is -0.340 e. The summed E-state index contributed by atoms with van der Waals surface area (Å²) in [6.07, 6.45) is 1.74. The molecule has 2 aromatic carbocycles. The molecule has 1 amide bonds. The van der Waals surface area contributed by atoms with E-state index in [0.29, 0.717) is 39.0 Å². The van der Waals surface area contributed by atoms with Gasteiger partial charge in [-0.15, -0.1) is 0 Å². The number of sulfonamides is 1. The highest BCUT2D eigenvalue weighted by Crippen LogP contribution is 2.12. The molecule has 0 spiro atoms. The Kier molecular flexibility index (Phi) is 6.63. The van der Waals surface area contributed by atoms with Gasteiger partial charge in [0, 0.05) is 26.2 Å². The quantitative estimate of drug-likeness (QED) is 0.734. The van der Waals surface area contributed by atoms with Crippen molar-refractivity contribution < 1.29 is 13.2 Å². The highest BCUT2D eigenvalue weighted by Gasteiger charge is 2.28. The summed E-state index contributed by atoms with van der Waals surface area (Å²) in [7, 11) is -3.27. The van der Waals surface area contributed by atoms with E-state index >= 15 is 0 Å². The lowest BCUT2D eigenvalue weighted by Gasteiger charge is -2.34. The van der Waals surface area contributed by atoms with E-state index in [1.54, 1.807) is 4.90 Å². The number of piperazine rings is 1. The van der Waals surface area contributed by atoms with Crippen LogP contribution in [0.3, 0.4) is 0 Å². The summed E-state index contributed by atoms with van der Waals surface area (Å²) in [6, 6.07) is 19.6. The first-order valence-electron chi connectivity index (χ1n) is 9.38. The number of nitrogens with zero attached hydrogens (tertiary/aromatic N) is 2. The molecule has 1 saturated heterocycles. The number of amides is 1. The molecule has 2 aromatic rings. The molecular weight excluding hydrogens is 360 g/mol. The predicted octanol–water partition coefficient (Wildman–Crippen LogP) is 2.34. The summed E-state index contributed by atoms with van der Waals surface area (Å²) in [6.45, 7) is 1.69. The number of carbonyl (C=O) groups is 1. The smallest absolute Gasteiger partial charge is 0.227 e. The normalized spacial score (nSPS) is 15.6. The van der Waals surface area contributed by atoms with E-state index in [2.05, 4.69) is 0 Å². The second kappa shape index (κ2) is 9.15. The van der Waals surface area contributed by atoms with Crippen LogP contribution >= 0.6 is 0 Å². The second-order valence-electron chi connectivity index (χ2n) is 6.85. The van der Waals surface area contributed by atoms with E-state index in [4.69, 9.17) is 0 Å². The molecule has 144 valence electrons. The summed E-state index contributed by atoms with van der Waals surface area (Å²) in [5, 5.41) is 0. The first kappa shape index (κ1) is 19.6. The first-order valence-corrected chi connectivity index (χ1v) is 11.0. The van der Waals surface area contributed by atoms with Gasteiger partial charge >= 0.3 is 0 Å². The Labute approximate surface area is 161 Å². The summed E-state index contributed by atoms with van der Waals surface area (Å²) in [5.41, 5.74) is 2.14. The number of carbonyl (C=O) groups excluding carboxylic acids is 1. The molecule has 0 radical (unpaired) electrons. The topological polar surface area (TPSA) is 57.7 Å². The third-order valence-electron chi connectivity index (χ3n) is 4.89. The highest BCUT2D eigenvalue weighted by molar-refractivity contribution is 7.89. The molecule has 0 aliphatic carbocycles. The number of aryl methyl sites for hydroxylation is 1. The number of rotatable bonds is 7. The molecule has 1 aliphatic heterocycles. The molecule has 0 bridgehead atoms. The van der Waals surface area contributed by atoms with Crippen LogP contribution in [0.5, 0.6) is 0 Å². The largest absolute Gasteiger partial charge is 0.340 e. The van der Waals surface area contributed by atoms with Crippen molar-refractivity contribution >= 4 is 15.9 Å². The maximum Gasteiger partial charge on any atom is 0.227 e. The molecule has 0 unspecified atom stereocenters. The standard InChI is InChI=1S/C21H26N2O3S/c24-21(18-20-10-5-2-6-11-20)22-13-15-23(16-14-22)27(25,26)17-7-12-19-8-3-1-4-9-19/h1-6,8-11H,7,12-18H2. The van der Waals surface area contributed by atoms with Crippen molar-refractivity contribution in [3.63, 3.8) is 0 Å². The zero-order chi connectivity index (χ0) is 19.1. The van der Waals surface area contributed by atoms with Crippen molar-refractivity contribution in [1.29, 1.82) is 0 Å². The zero-order valence-corrected chi connectivity index (χ0v) is 16.3. The van der Waals surface area contributed by atoms with Gasteiger partial charge in [0.05, 0.1) is 12.2 Å². The predicted molar refractivity (Wildman–Crippen MR) is 107 cm³/mol. The zero-order valence-electron chi connectivity index (χ0n) is 15.5. The lowest BCUT2D eigenvalue weighted by molar-refractivity contribution is -0.131. The first-order chi connectivity index (χ1) is 13.0. The average molecular weight is 387 g/mol. The number of hydrogen-bond acceptors (Lipinski definition) is 3. The summed E-state index contributed by atoms with van der Waals surface area (Å²) < 4.78 is 26.7. The van der Waals surface area contributed by atoms with Crippen molar-refractivity contribution in [3.05, 3.63) is 71.8 Å². The average Bonchev–Trinajstić information content (AvgIpc) is 2.69. The van der Waals surface area contributed by atoms with Crippen LogP contribution in [0.4, 0.5) is 0 Å². The van der Waals surface area contributed by atoms with Gasteiger partial charge in [-0.2, -0.15) is 4.31 Å². The van der Waals surface area contributed by atoms with E-state index in [9.17, 15) is 13.2 Å². The maximum absolute atomic E-state index is 12.6. The lowest BCUT2D eigenvalue weighted by atomic mass is 10.1. The molecule has 1 aliphatic rings. The molecule has 5 nitrogen and oxygen atoms in total. The SMILES string of the molecule is O=C(Cc1ccccc1)N1CCN(S(=O)(=O)CCCc2ccccc2)CC1. The van der Waals surface area contributed by atoms with Crippen molar-refractivity contribution in [2.75, 3.05) is 31.9 Å². The minimum absolute atomic E-state index is 0.0577. The molecule has 3 rings (SSSR count). The lowest BCUT2D eigenvalue weighted by Crippen LogP contribution is -2.51. The summed E-state index contributed by atoms with van der Waals surface area (Å²) in [4.78, 5) is 14.2. The Hall–Kier alpha value is -2.18. The van der Waals surface area contributed by atoms with Crippen molar-refractivity contribution in [3.8, 4) is 0 Å². The van der Waals surface area contributed by atoms with Crippen LogP contribution in [-0.4, -0.2) is 55.5 Å². The number of hydrogen-bond donors (Lipinski definition) is 0. The van der Waals surface area contributed by atoms with Gasteiger partial charge in [-0.1, -0.05) is 60.7 Å². The molecule has 1 fully saturated rings. The van der Waals surface area contributed by atoms with Crippen molar-refractivity contribution in [2.24, 2.45) is 0 Å². The van der Waals surface area contributed by atoms with Crippen molar-refractivity contribution in [1.82, 2.24) is 9.21 Å². The molecule has 1 heterocycles. The highest BCUT2D eigenvalue weighted by atomic mass is 32.2. The van der Waals surface area contributed by atoms with Crippen LogP contribution in [0.15, 0.2) is 60.7 Å². The van der Waals surface area contributed by atoms with E-state index in [0.717, 1.165) is 17.5 Å². The van der Waals surface area contributed by atoms with Gasteiger partial charge in [-0.25, -0.2) is 8.42 Å². The minimum atomic E-state index is -3.27. The van der Waals surface area contributed by atoms with Gasteiger partial charge in [0.15, 0.2) is 0 Å². The Balaban J connectivity index is 1.45. The third kappa shape index (κ3) is 5.65. The fraction of sp³-hybridized carbons (Fsp3) is 0.381. The maximum atomic E-state index is 12.6. The van der Waals surface area contributed by atoms with Crippen LogP contribution in [0.1, 0.15) is 17.5 Å². The Morgan fingerprint density at radius 2 is 1.37 bits per heavy atom. The van der Waals surface area contributed by atoms with Crippen LogP contribution in [-0.2, 0) is 27.7 Å². The van der Waals surface area contributed by atoms with Gasteiger partial charge < -0.3 is 4.90 Å². The molecule has 6 heteroatoms. The van der Waals surface area contributed by atoms with Gasteiger partial charge in [0.2, 0.25) is 15.9 Å². The van der Waals surface area contributed by atoms with E-state index in [-0.39, 0.29) is 11.7 Å². The summed E-state index contributed by atoms with van der Waals surface area (Å²) >= 11 is 0. The monoisotopic (exact) mass is 386 g/mol. The van der Waals surface area contributed by atoms with Crippen LogP contribution in [0.2, 0.25) is 0 Å². The van der Waals surface area contributed by atoms with Crippen molar-refractivity contribution in [2.45, 2.75) is 19.3 Å². The van der Waals surface area contributed by atoms with E-state index in [1.807, 2.05) is 60.7 Å². The van der Waals surface area contributed by atoms with E-state index < -0.39 is 10.0 Å². The summed E-state index contributed by atoms with van der Waals surface area (Å²) in [5.74, 6) is 0.210. The molecular formula is C21H26N2O3S. The fourth-order valence-electron chi connectivity index (χ4n) is 3.33. The fourth-order valence-corrected chi connectivity index (χ4v) is 4.82. The number of benzene rings is 2. The van der Waals surface area contributed by atoms with Crippen LogP contribution < -0.4 is 0 Å². The second-order valence-corrected chi connectivity index (χ2v) is 8.94. The molecule has 0 N–H and O–H groups in total.